The van der Waals surface area contributed by atoms with Gasteiger partial charge in [-0.05, 0) is 42.4 Å². The molecular formula is C17H25NO4S. The number of carboxylic acids is 1. The Morgan fingerprint density at radius 1 is 1.13 bits per heavy atom. The number of nitrogens with one attached hydrogen (secondary N) is 1. The average molecular weight is 339 g/mol. The minimum atomic E-state index is -3.83. The first-order valence-corrected chi connectivity index (χ1v) is 9.64. The molecule has 23 heavy (non-hydrogen) atoms. The molecule has 1 aliphatic carbocycles. The van der Waals surface area contributed by atoms with Crippen LogP contribution < -0.4 is 4.72 Å². The normalized spacial score (nSPS) is 18.0. The second-order valence-corrected chi connectivity index (χ2v) is 8.30. The Labute approximate surface area is 138 Å². The molecule has 1 fully saturated rings. The first-order chi connectivity index (χ1) is 10.8. The highest BCUT2D eigenvalue weighted by Crippen LogP contribution is 2.32. The second kappa shape index (κ2) is 7.45. The van der Waals surface area contributed by atoms with Gasteiger partial charge in [0.15, 0.2) is 0 Å². The van der Waals surface area contributed by atoms with Gasteiger partial charge in [0.2, 0.25) is 10.0 Å². The van der Waals surface area contributed by atoms with Crippen molar-refractivity contribution in [3.63, 3.8) is 0 Å². The van der Waals surface area contributed by atoms with Gasteiger partial charge in [-0.3, -0.25) is 4.79 Å². The van der Waals surface area contributed by atoms with E-state index >= 15 is 0 Å². The summed E-state index contributed by atoms with van der Waals surface area (Å²) in [6.45, 7) is 3.35. The molecule has 5 nitrogen and oxygen atoms in total. The van der Waals surface area contributed by atoms with Crippen LogP contribution in [0.2, 0.25) is 0 Å². The highest BCUT2D eigenvalue weighted by atomic mass is 32.2. The third-order valence-corrected chi connectivity index (χ3v) is 5.94. The van der Waals surface area contributed by atoms with E-state index in [4.69, 9.17) is 5.11 Å². The molecular weight excluding hydrogens is 314 g/mol. The second-order valence-electron chi connectivity index (χ2n) is 6.59. The van der Waals surface area contributed by atoms with E-state index < -0.39 is 22.0 Å². The number of rotatable bonds is 6. The molecule has 0 spiro atoms. The Balaban J connectivity index is 2.15. The predicted molar refractivity (Wildman–Crippen MR) is 88.9 cm³/mol. The molecule has 1 unspecified atom stereocenters. The highest BCUT2D eigenvalue weighted by Gasteiger charge is 2.28. The van der Waals surface area contributed by atoms with E-state index in [9.17, 15) is 13.2 Å². The maximum atomic E-state index is 12.4. The largest absolute Gasteiger partial charge is 0.480 e. The molecule has 0 saturated heterocycles. The summed E-state index contributed by atoms with van der Waals surface area (Å²) in [6.07, 6.45) is 6.03. The lowest BCUT2D eigenvalue weighted by molar-refractivity contribution is -0.140. The molecule has 128 valence electrons. The van der Waals surface area contributed by atoms with Crippen molar-refractivity contribution >= 4 is 16.0 Å². The number of aliphatic carboxylic acids is 1. The predicted octanol–water partition coefficient (Wildman–Crippen LogP) is 3.12. The molecule has 0 amide bonds. The van der Waals surface area contributed by atoms with Crippen molar-refractivity contribution in [2.24, 2.45) is 5.92 Å². The van der Waals surface area contributed by atoms with E-state index in [1.807, 2.05) is 12.1 Å². The minimum Gasteiger partial charge on any atom is -0.480 e. The summed E-state index contributed by atoms with van der Waals surface area (Å²) < 4.78 is 27.0. The van der Waals surface area contributed by atoms with Crippen molar-refractivity contribution in [2.75, 3.05) is 0 Å². The molecule has 0 radical (unpaired) electrons. The summed E-state index contributed by atoms with van der Waals surface area (Å²) in [7, 11) is -3.83. The number of benzene rings is 1. The third-order valence-electron chi connectivity index (χ3n) is 4.48. The fourth-order valence-corrected chi connectivity index (χ4v) is 4.40. The van der Waals surface area contributed by atoms with Gasteiger partial charge in [0.05, 0.1) is 4.90 Å². The van der Waals surface area contributed by atoms with Crippen LogP contribution in [0.15, 0.2) is 29.2 Å². The summed E-state index contributed by atoms with van der Waals surface area (Å²) >= 11 is 0. The molecule has 0 heterocycles. The number of sulfonamides is 1. The maximum absolute atomic E-state index is 12.4. The van der Waals surface area contributed by atoms with Crippen molar-refractivity contribution in [1.82, 2.24) is 4.72 Å². The summed E-state index contributed by atoms with van der Waals surface area (Å²) in [5.74, 6) is -0.984. The lowest BCUT2D eigenvalue weighted by atomic mass is 9.84. The first kappa shape index (κ1) is 17.9. The number of carbonyl (C=O) groups is 1. The molecule has 1 saturated carbocycles. The van der Waals surface area contributed by atoms with E-state index in [2.05, 4.69) is 4.72 Å². The standard InChI is InChI=1S/C17H25NO4S/c1-12(2)16(17(19)20)18-23(21,22)15-10-8-14(9-11-15)13-6-4-3-5-7-13/h8-13,16,18H,3-7H2,1-2H3,(H,19,20). The Bertz CT molecular complexity index is 631. The van der Waals surface area contributed by atoms with Crippen LogP contribution in [-0.2, 0) is 14.8 Å². The van der Waals surface area contributed by atoms with E-state index in [1.165, 1.54) is 24.8 Å². The molecule has 0 aliphatic heterocycles. The van der Waals surface area contributed by atoms with Gasteiger partial charge in [-0.15, -0.1) is 0 Å². The minimum absolute atomic E-state index is 0.115. The van der Waals surface area contributed by atoms with Crippen LogP contribution in [0.25, 0.3) is 0 Å². The van der Waals surface area contributed by atoms with Crippen molar-refractivity contribution < 1.29 is 18.3 Å². The Morgan fingerprint density at radius 3 is 2.17 bits per heavy atom. The van der Waals surface area contributed by atoms with Gasteiger partial charge in [0.1, 0.15) is 6.04 Å². The first-order valence-electron chi connectivity index (χ1n) is 8.16. The van der Waals surface area contributed by atoms with E-state index in [-0.39, 0.29) is 10.8 Å². The van der Waals surface area contributed by atoms with Crippen LogP contribution in [0.5, 0.6) is 0 Å². The zero-order valence-electron chi connectivity index (χ0n) is 13.7. The van der Waals surface area contributed by atoms with Crippen molar-refractivity contribution in [3.8, 4) is 0 Å². The smallest absolute Gasteiger partial charge is 0.322 e. The average Bonchev–Trinajstić information content (AvgIpc) is 2.53. The van der Waals surface area contributed by atoms with Gasteiger partial charge in [0, 0.05) is 0 Å². The van der Waals surface area contributed by atoms with Gasteiger partial charge in [-0.25, -0.2) is 8.42 Å². The van der Waals surface area contributed by atoms with E-state index in [0.717, 1.165) is 12.8 Å². The van der Waals surface area contributed by atoms with Crippen LogP contribution >= 0.6 is 0 Å². The molecule has 0 bridgehead atoms. The lowest BCUT2D eigenvalue weighted by Crippen LogP contribution is -2.44. The Hall–Kier alpha value is -1.40. The Morgan fingerprint density at radius 2 is 1.70 bits per heavy atom. The molecule has 1 aromatic rings. The zero-order chi connectivity index (χ0) is 17.0. The summed E-state index contributed by atoms with van der Waals surface area (Å²) in [6, 6.07) is 5.74. The van der Waals surface area contributed by atoms with Gasteiger partial charge in [-0.2, -0.15) is 4.72 Å². The van der Waals surface area contributed by atoms with Gasteiger partial charge in [-0.1, -0.05) is 45.2 Å². The highest BCUT2D eigenvalue weighted by molar-refractivity contribution is 7.89. The SMILES string of the molecule is CC(C)C(NS(=O)(=O)c1ccc(C2CCCCC2)cc1)C(=O)O. The Kier molecular flexibility index (Phi) is 5.81. The zero-order valence-corrected chi connectivity index (χ0v) is 14.5. The molecule has 0 aromatic heterocycles. The monoisotopic (exact) mass is 339 g/mol. The van der Waals surface area contributed by atoms with E-state index in [0.29, 0.717) is 5.92 Å². The molecule has 6 heteroatoms. The maximum Gasteiger partial charge on any atom is 0.322 e. The van der Waals surface area contributed by atoms with Gasteiger partial charge >= 0.3 is 5.97 Å². The van der Waals surface area contributed by atoms with Gasteiger partial charge in [0.25, 0.3) is 0 Å². The summed E-state index contributed by atoms with van der Waals surface area (Å²) in [5.41, 5.74) is 1.17. The summed E-state index contributed by atoms with van der Waals surface area (Å²) in [5, 5.41) is 9.14. The molecule has 1 aliphatic rings. The van der Waals surface area contributed by atoms with Gasteiger partial charge < -0.3 is 5.11 Å². The number of hydrogen-bond acceptors (Lipinski definition) is 3. The number of carboxylic acid groups (broad SMARTS) is 1. The molecule has 2 N–H and O–H groups in total. The van der Waals surface area contributed by atoms with Crippen LogP contribution in [0.4, 0.5) is 0 Å². The molecule has 1 atom stereocenters. The van der Waals surface area contributed by atoms with Crippen LogP contribution in [0.3, 0.4) is 0 Å². The van der Waals surface area contributed by atoms with Crippen LogP contribution in [0.1, 0.15) is 57.4 Å². The lowest BCUT2D eigenvalue weighted by Gasteiger charge is -2.22. The van der Waals surface area contributed by atoms with Crippen molar-refractivity contribution in [2.45, 2.75) is 62.8 Å². The van der Waals surface area contributed by atoms with Crippen LogP contribution in [0, 0.1) is 5.92 Å². The fraction of sp³-hybridized carbons (Fsp3) is 0.588. The van der Waals surface area contributed by atoms with Crippen molar-refractivity contribution in [1.29, 1.82) is 0 Å². The topological polar surface area (TPSA) is 83.5 Å². The third kappa shape index (κ3) is 4.54. The fourth-order valence-electron chi connectivity index (χ4n) is 3.06. The molecule has 1 aromatic carbocycles. The number of hydrogen-bond donors (Lipinski definition) is 2. The van der Waals surface area contributed by atoms with Crippen LogP contribution in [-0.4, -0.2) is 25.5 Å². The van der Waals surface area contributed by atoms with Crippen molar-refractivity contribution in [3.05, 3.63) is 29.8 Å². The quantitative estimate of drug-likeness (QED) is 0.834. The van der Waals surface area contributed by atoms with E-state index in [1.54, 1.807) is 26.0 Å². The molecule has 2 rings (SSSR count). The summed E-state index contributed by atoms with van der Waals surface area (Å²) in [4.78, 5) is 11.3.